The van der Waals surface area contributed by atoms with Gasteiger partial charge in [0.05, 0.1) is 6.61 Å². The van der Waals surface area contributed by atoms with E-state index in [9.17, 15) is 9.90 Å². The van der Waals surface area contributed by atoms with Crippen molar-refractivity contribution in [3.63, 3.8) is 0 Å². The molecule has 17 heavy (non-hydrogen) atoms. The predicted molar refractivity (Wildman–Crippen MR) is 72.5 cm³/mol. The zero-order valence-electron chi connectivity index (χ0n) is 10.6. The van der Waals surface area contributed by atoms with E-state index in [0.29, 0.717) is 12.1 Å². The molecule has 4 nitrogen and oxygen atoms in total. The van der Waals surface area contributed by atoms with Crippen LogP contribution in [0.3, 0.4) is 0 Å². The van der Waals surface area contributed by atoms with Crippen molar-refractivity contribution in [1.29, 1.82) is 0 Å². The Hall–Kier alpha value is -0.260. The van der Waals surface area contributed by atoms with Crippen LogP contribution in [0, 0.1) is 0 Å². The van der Waals surface area contributed by atoms with E-state index in [1.54, 1.807) is 6.92 Å². The summed E-state index contributed by atoms with van der Waals surface area (Å²) in [4.78, 5) is 15.6. The highest BCUT2D eigenvalue weighted by atomic mass is 32.1. The normalized spacial score (nSPS) is 26.9. The molecule has 2 saturated heterocycles. The van der Waals surface area contributed by atoms with E-state index >= 15 is 0 Å². The second-order valence-electron chi connectivity index (χ2n) is 4.95. The highest BCUT2D eigenvalue weighted by Crippen LogP contribution is 2.25. The maximum absolute atomic E-state index is 11.2. The van der Waals surface area contributed by atoms with E-state index in [1.165, 1.54) is 6.42 Å². The molecule has 2 aliphatic heterocycles. The second kappa shape index (κ2) is 6.61. The third-order valence-electron chi connectivity index (χ3n) is 4.01. The van der Waals surface area contributed by atoms with Gasteiger partial charge in [0.25, 0.3) is 0 Å². The van der Waals surface area contributed by atoms with Crippen molar-refractivity contribution in [3.05, 3.63) is 0 Å². The highest BCUT2D eigenvalue weighted by Gasteiger charge is 2.32. The molecular weight excluding hydrogens is 236 g/mol. The Morgan fingerprint density at radius 1 is 1.24 bits per heavy atom. The zero-order chi connectivity index (χ0) is 11.5. The average Bonchev–Trinajstić information content (AvgIpc) is 2.77. The van der Waals surface area contributed by atoms with Crippen LogP contribution in [-0.2, 0) is 4.79 Å². The van der Waals surface area contributed by atoms with Crippen LogP contribution in [-0.4, -0.2) is 59.1 Å². The zero-order valence-corrected chi connectivity index (χ0v) is 11.6. The summed E-state index contributed by atoms with van der Waals surface area (Å²) in [5, 5.41) is 9.30. The van der Waals surface area contributed by atoms with Crippen molar-refractivity contribution in [2.75, 3.05) is 26.2 Å². The summed E-state index contributed by atoms with van der Waals surface area (Å²) in [6.07, 6.45) is 4.47. The Balaban J connectivity index is 0.00000144. The molecule has 2 heterocycles. The van der Waals surface area contributed by atoms with Crippen LogP contribution < -0.4 is 0 Å². The van der Waals surface area contributed by atoms with Crippen LogP contribution in [0.15, 0.2) is 0 Å². The average molecular weight is 260 g/mol. The molecule has 2 rings (SSSR count). The Labute approximate surface area is 110 Å². The lowest BCUT2D eigenvalue weighted by Gasteiger charge is -2.38. The van der Waals surface area contributed by atoms with Crippen LogP contribution in [0.1, 0.15) is 32.6 Å². The van der Waals surface area contributed by atoms with E-state index in [-0.39, 0.29) is 26.0 Å². The van der Waals surface area contributed by atoms with E-state index < -0.39 is 0 Å². The standard InChI is InChI=1S/C12H22N2O2.H2S/c1-10(16)13-7-4-11(5-8-13)14-6-2-3-12(14)9-15;/h11-12,15H,2-9H2,1H3;1H2. The molecule has 0 aliphatic carbocycles. The first kappa shape index (κ1) is 14.8. The first-order chi connectivity index (χ1) is 7.72. The second-order valence-corrected chi connectivity index (χ2v) is 4.95. The van der Waals surface area contributed by atoms with Crippen LogP contribution in [0.4, 0.5) is 0 Å². The lowest BCUT2D eigenvalue weighted by Crippen LogP contribution is -2.48. The quantitative estimate of drug-likeness (QED) is 0.789. The van der Waals surface area contributed by atoms with Crippen molar-refractivity contribution in [1.82, 2.24) is 9.80 Å². The van der Waals surface area contributed by atoms with Crippen molar-refractivity contribution in [3.8, 4) is 0 Å². The van der Waals surface area contributed by atoms with Gasteiger partial charge in [-0.3, -0.25) is 9.69 Å². The van der Waals surface area contributed by atoms with E-state index in [2.05, 4.69) is 4.90 Å². The van der Waals surface area contributed by atoms with Gasteiger partial charge < -0.3 is 10.0 Å². The van der Waals surface area contributed by atoms with Crippen LogP contribution >= 0.6 is 13.5 Å². The topological polar surface area (TPSA) is 43.8 Å². The van der Waals surface area contributed by atoms with E-state index in [1.807, 2.05) is 4.90 Å². The number of hydrogen-bond acceptors (Lipinski definition) is 3. The summed E-state index contributed by atoms with van der Waals surface area (Å²) < 4.78 is 0. The fraction of sp³-hybridized carbons (Fsp3) is 0.917. The van der Waals surface area contributed by atoms with Gasteiger partial charge in [-0.2, -0.15) is 13.5 Å². The third kappa shape index (κ3) is 3.36. The maximum Gasteiger partial charge on any atom is 0.219 e. The molecule has 0 aromatic carbocycles. The first-order valence-corrected chi connectivity index (χ1v) is 6.34. The third-order valence-corrected chi connectivity index (χ3v) is 4.01. The molecule has 100 valence electrons. The fourth-order valence-corrected chi connectivity index (χ4v) is 3.05. The molecule has 1 atom stereocenters. The molecule has 2 aliphatic rings. The fourth-order valence-electron chi connectivity index (χ4n) is 3.05. The largest absolute Gasteiger partial charge is 0.395 e. The minimum atomic E-state index is 0. The molecule has 1 N–H and O–H groups in total. The molecule has 1 unspecified atom stereocenters. The van der Waals surface area contributed by atoms with E-state index in [4.69, 9.17) is 0 Å². The van der Waals surface area contributed by atoms with Crippen molar-refractivity contribution < 1.29 is 9.90 Å². The summed E-state index contributed by atoms with van der Waals surface area (Å²) in [5.74, 6) is 0.193. The summed E-state index contributed by atoms with van der Waals surface area (Å²) in [5.41, 5.74) is 0. The van der Waals surface area contributed by atoms with Gasteiger partial charge in [0, 0.05) is 32.1 Å². The molecule has 0 bridgehead atoms. The van der Waals surface area contributed by atoms with E-state index in [0.717, 1.165) is 38.9 Å². The van der Waals surface area contributed by atoms with Gasteiger partial charge in [-0.25, -0.2) is 0 Å². The number of carbonyl (C=O) groups excluding carboxylic acids is 1. The summed E-state index contributed by atoms with van der Waals surface area (Å²) in [6.45, 7) is 4.82. The highest BCUT2D eigenvalue weighted by molar-refractivity contribution is 7.59. The summed E-state index contributed by atoms with van der Waals surface area (Å²) in [7, 11) is 0. The Kier molecular flexibility index (Phi) is 5.76. The van der Waals surface area contributed by atoms with Gasteiger partial charge >= 0.3 is 0 Å². The summed E-state index contributed by atoms with van der Waals surface area (Å²) >= 11 is 0. The molecule has 2 fully saturated rings. The van der Waals surface area contributed by atoms with Gasteiger partial charge in [0.15, 0.2) is 0 Å². The number of amides is 1. The lowest BCUT2D eigenvalue weighted by molar-refractivity contribution is -0.130. The van der Waals surface area contributed by atoms with Gasteiger partial charge in [-0.15, -0.1) is 0 Å². The monoisotopic (exact) mass is 260 g/mol. The lowest BCUT2D eigenvalue weighted by atomic mass is 10.0. The number of nitrogens with zero attached hydrogens (tertiary/aromatic N) is 2. The molecule has 0 aromatic rings. The first-order valence-electron chi connectivity index (χ1n) is 6.34. The molecular formula is C12H24N2O2S. The summed E-state index contributed by atoms with van der Waals surface area (Å²) in [6, 6.07) is 0.948. The van der Waals surface area contributed by atoms with Crippen molar-refractivity contribution in [2.24, 2.45) is 0 Å². The van der Waals surface area contributed by atoms with Gasteiger partial charge in [0.2, 0.25) is 5.91 Å². The van der Waals surface area contributed by atoms with Crippen LogP contribution in [0.25, 0.3) is 0 Å². The molecule has 0 spiro atoms. The molecule has 1 amide bonds. The molecule has 0 saturated carbocycles. The molecule has 5 heteroatoms. The predicted octanol–water partition coefficient (Wildman–Crippen LogP) is 0.567. The Morgan fingerprint density at radius 3 is 2.41 bits per heavy atom. The smallest absolute Gasteiger partial charge is 0.219 e. The molecule has 0 aromatic heterocycles. The van der Waals surface area contributed by atoms with Gasteiger partial charge in [0.1, 0.15) is 0 Å². The minimum Gasteiger partial charge on any atom is -0.395 e. The number of aliphatic hydroxyl groups is 1. The number of rotatable bonds is 2. The van der Waals surface area contributed by atoms with Crippen LogP contribution in [0.5, 0.6) is 0 Å². The van der Waals surface area contributed by atoms with Gasteiger partial charge in [-0.1, -0.05) is 0 Å². The Morgan fingerprint density at radius 2 is 1.88 bits per heavy atom. The number of hydrogen-bond donors (Lipinski definition) is 1. The maximum atomic E-state index is 11.2. The SMILES string of the molecule is CC(=O)N1CCC(N2CCCC2CO)CC1.S. The Bertz CT molecular complexity index is 255. The number of aliphatic hydroxyl groups excluding tert-OH is 1. The number of likely N-dealkylation sites (tertiary alicyclic amines) is 2. The van der Waals surface area contributed by atoms with Crippen molar-refractivity contribution in [2.45, 2.75) is 44.7 Å². The molecule has 0 radical (unpaired) electrons. The van der Waals surface area contributed by atoms with Crippen molar-refractivity contribution >= 4 is 19.4 Å². The van der Waals surface area contributed by atoms with Crippen LogP contribution in [0.2, 0.25) is 0 Å². The van der Waals surface area contributed by atoms with Gasteiger partial charge in [-0.05, 0) is 32.2 Å². The number of piperidine rings is 1. The number of carbonyl (C=O) groups is 1. The minimum absolute atomic E-state index is 0.